The first-order chi connectivity index (χ1) is 9.79. The van der Waals surface area contributed by atoms with Crippen molar-refractivity contribution in [3.05, 3.63) is 53.9 Å². The number of pyridine rings is 1. The van der Waals surface area contributed by atoms with E-state index >= 15 is 0 Å². The zero-order valence-electron chi connectivity index (χ0n) is 11.0. The molecule has 2 heterocycles. The maximum Gasteiger partial charge on any atom is 0.376 e. The Kier molecular flexibility index (Phi) is 4.79. The molecule has 0 aliphatic heterocycles. The third kappa shape index (κ3) is 3.89. The summed E-state index contributed by atoms with van der Waals surface area (Å²) in [5, 5.41) is 0. The lowest BCUT2D eigenvalue weighted by molar-refractivity contribution is 0.0586. The number of hydrogen-bond donors (Lipinski definition) is 0. The highest BCUT2D eigenvalue weighted by Gasteiger charge is 2.07. The highest BCUT2D eigenvalue weighted by atomic mass is 16.5. The van der Waals surface area contributed by atoms with Crippen molar-refractivity contribution in [1.29, 1.82) is 0 Å². The van der Waals surface area contributed by atoms with Crippen LogP contribution in [0.3, 0.4) is 0 Å². The van der Waals surface area contributed by atoms with Crippen LogP contribution in [-0.2, 0) is 11.2 Å². The summed E-state index contributed by atoms with van der Waals surface area (Å²) in [4.78, 5) is 23.0. The molecule has 5 nitrogen and oxygen atoms in total. The molecule has 0 saturated carbocycles. The molecule has 0 aliphatic rings. The quantitative estimate of drug-likeness (QED) is 0.625. The van der Waals surface area contributed by atoms with E-state index < -0.39 is 5.97 Å². The van der Waals surface area contributed by atoms with Gasteiger partial charge in [-0.1, -0.05) is 17.9 Å². The Morgan fingerprint density at radius 3 is 2.75 bits per heavy atom. The average molecular weight is 267 g/mol. The van der Waals surface area contributed by atoms with Gasteiger partial charge in [-0.2, -0.15) is 0 Å². The van der Waals surface area contributed by atoms with Crippen LogP contribution in [0.4, 0.5) is 0 Å². The van der Waals surface area contributed by atoms with E-state index in [1.54, 1.807) is 6.20 Å². The van der Waals surface area contributed by atoms with Crippen LogP contribution >= 0.6 is 0 Å². The first-order valence-electron chi connectivity index (χ1n) is 6.07. The molecular weight excluding hydrogens is 254 g/mol. The fourth-order valence-electron chi connectivity index (χ4n) is 1.51. The minimum Gasteiger partial charge on any atom is -0.463 e. The molecule has 0 fully saturated rings. The summed E-state index contributed by atoms with van der Waals surface area (Å²) in [6, 6.07) is 3.92. The summed E-state index contributed by atoms with van der Waals surface area (Å²) >= 11 is 0. The Hall–Kier alpha value is -2.74. The summed E-state index contributed by atoms with van der Waals surface area (Å²) < 4.78 is 4.52. The van der Waals surface area contributed by atoms with E-state index in [1.165, 1.54) is 19.5 Å². The Morgan fingerprint density at radius 2 is 2.10 bits per heavy atom. The highest BCUT2D eigenvalue weighted by molar-refractivity contribution is 5.84. The van der Waals surface area contributed by atoms with Crippen LogP contribution in [0.15, 0.2) is 36.9 Å². The third-order valence-electron chi connectivity index (χ3n) is 2.51. The minimum atomic E-state index is -0.555. The summed E-state index contributed by atoms with van der Waals surface area (Å²) in [6.07, 6.45) is 8.17. The fraction of sp³-hybridized carbons (Fsp3) is 0.200. The van der Waals surface area contributed by atoms with Gasteiger partial charge in [-0.15, -0.1) is 0 Å². The van der Waals surface area contributed by atoms with Crippen molar-refractivity contribution in [2.75, 3.05) is 7.11 Å². The highest BCUT2D eigenvalue weighted by Crippen LogP contribution is 2.00. The zero-order valence-corrected chi connectivity index (χ0v) is 11.0. The van der Waals surface area contributed by atoms with Crippen LogP contribution in [0.1, 0.15) is 28.2 Å². The van der Waals surface area contributed by atoms with Gasteiger partial charge >= 0.3 is 5.97 Å². The lowest BCUT2D eigenvalue weighted by Crippen LogP contribution is -2.06. The monoisotopic (exact) mass is 267 g/mol. The van der Waals surface area contributed by atoms with Crippen molar-refractivity contribution >= 4 is 5.97 Å². The summed E-state index contributed by atoms with van der Waals surface area (Å²) in [6.45, 7) is 0. The molecule has 100 valence electrons. The van der Waals surface area contributed by atoms with Gasteiger partial charge in [-0.3, -0.25) is 4.98 Å². The number of esters is 1. The van der Waals surface area contributed by atoms with Crippen molar-refractivity contribution in [2.45, 2.75) is 12.8 Å². The average Bonchev–Trinajstić information content (AvgIpc) is 2.52. The largest absolute Gasteiger partial charge is 0.463 e. The first-order valence-corrected chi connectivity index (χ1v) is 6.07. The number of hydrogen-bond acceptors (Lipinski definition) is 5. The maximum absolute atomic E-state index is 11.2. The van der Waals surface area contributed by atoms with Crippen molar-refractivity contribution in [3.8, 4) is 11.8 Å². The second-order valence-corrected chi connectivity index (χ2v) is 3.95. The molecule has 2 aromatic heterocycles. The Bertz CT molecular complexity index is 628. The van der Waals surface area contributed by atoms with Gasteiger partial charge in [-0.05, 0) is 18.1 Å². The lowest BCUT2D eigenvalue weighted by Gasteiger charge is -1.96. The lowest BCUT2D eigenvalue weighted by atomic mass is 10.1. The second kappa shape index (κ2) is 7.00. The molecule has 0 N–H and O–H groups in total. The zero-order chi connectivity index (χ0) is 14.2. The molecule has 0 atom stereocenters. The van der Waals surface area contributed by atoms with Gasteiger partial charge in [0, 0.05) is 31.2 Å². The molecule has 2 aromatic rings. The van der Waals surface area contributed by atoms with E-state index in [0.717, 1.165) is 18.4 Å². The molecule has 0 spiro atoms. The van der Waals surface area contributed by atoms with Crippen LogP contribution < -0.4 is 0 Å². The molecule has 0 unspecified atom stereocenters. The second-order valence-electron chi connectivity index (χ2n) is 3.95. The van der Waals surface area contributed by atoms with Gasteiger partial charge in [-0.25, -0.2) is 14.8 Å². The van der Waals surface area contributed by atoms with Gasteiger partial charge in [0.2, 0.25) is 5.82 Å². The molecule has 0 radical (unpaired) electrons. The number of rotatable bonds is 3. The number of nitrogens with zero attached hydrogens (tertiary/aromatic N) is 3. The number of carbonyl (C=O) groups excluding carboxylic acids is 1. The molecule has 5 heteroatoms. The van der Waals surface area contributed by atoms with Gasteiger partial charge in [0.1, 0.15) is 0 Å². The topological polar surface area (TPSA) is 65.0 Å². The van der Waals surface area contributed by atoms with Crippen molar-refractivity contribution in [2.24, 2.45) is 0 Å². The van der Waals surface area contributed by atoms with E-state index in [-0.39, 0.29) is 5.82 Å². The third-order valence-corrected chi connectivity index (χ3v) is 2.51. The van der Waals surface area contributed by atoms with Gasteiger partial charge < -0.3 is 4.74 Å². The molecule has 20 heavy (non-hydrogen) atoms. The number of ether oxygens (including phenoxy) is 1. The molecule has 2 rings (SSSR count). The standard InChI is InChI=1S/C15H13N3O2/c1-20-15(19)14-17-10-13(11-18-14)6-3-2-5-12-7-4-8-16-9-12/h4,7-11H,2,5H2,1H3. The molecule has 0 bridgehead atoms. The Labute approximate surface area is 117 Å². The number of aryl methyl sites for hydroxylation is 1. The molecule has 0 aromatic carbocycles. The van der Waals surface area contributed by atoms with E-state index in [0.29, 0.717) is 5.56 Å². The van der Waals surface area contributed by atoms with Crippen LogP contribution in [0.5, 0.6) is 0 Å². The SMILES string of the molecule is COC(=O)c1ncc(C#CCCc2cccnc2)cn1. The van der Waals surface area contributed by atoms with Gasteiger partial charge in [0.25, 0.3) is 0 Å². The number of carbonyl (C=O) groups is 1. The van der Waals surface area contributed by atoms with Gasteiger partial charge in [0.15, 0.2) is 0 Å². The van der Waals surface area contributed by atoms with Crippen LogP contribution in [-0.4, -0.2) is 28.0 Å². The number of methoxy groups -OCH3 is 1. The Balaban J connectivity index is 1.91. The van der Waals surface area contributed by atoms with Crippen molar-refractivity contribution < 1.29 is 9.53 Å². The normalized spacial score (nSPS) is 9.45. The number of aromatic nitrogens is 3. The smallest absolute Gasteiger partial charge is 0.376 e. The Morgan fingerprint density at radius 1 is 1.30 bits per heavy atom. The van der Waals surface area contributed by atoms with Gasteiger partial charge in [0.05, 0.1) is 12.7 Å². The summed E-state index contributed by atoms with van der Waals surface area (Å²) in [5.41, 5.74) is 1.82. The van der Waals surface area contributed by atoms with Crippen molar-refractivity contribution in [3.63, 3.8) is 0 Å². The summed E-state index contributed by atoms with van der Waals surface area (Å²) in [5.74, 6) is 5.47. The van der Waals surface area contributed by atoms with E-state index in [1.807, 2.05) is 18.3 Å². The summed E-state index contributed by atoms with van der Waals surface area (Å²) in [7, 11) is 1.29. The maximum atomic E-state index is 11.2. The molecule has 0 aliphatic carbocycles. The molecule has 0 saturated heterocycles. The van der Waals surface area contributed by atoms with Crippen LogP contribution in [0.2, 0.25) is 0 Å². The molecular formula is C15H13N3O2. The predicted molar refractivity (Wildman–Crippen MR) is 72.8 cm³/mol. The van der Waals surface area contributed by atoms with E-state index in [9.17, 15) is 4.79 Å². The predicted octanol–water partition coefficient (Wildman–Crippen LogP) is 1.64. The molecule has 0 amide bonds. The van der Waals surface area contributed by atoms with Crippen LogP contribution in [0.25, 0.3) is 0 Å². The van der Waals surface area contributed by atoms with E-state index in [2.05, 4.69) is 31.5 Å². The minimum absolute atomic E-state index is 0.0356. The van der Waals surface area contributed by atoms with Crippen molar-refractivity contribution in [1.82, 2.24) is 15.0 Å². The van der Waals surface area contributed by atoms with E-state index in [4.69, 9.17) is 0 Å². The first kappa shape index (κ1) is 13.7. The van der Waals surface area contributed by atoms with Crippen LogP contribution in [0, 0.1) is 11.8 Å². The fourth-order valence-corrected chi connectivity index (χ4v) is 1.51.